The number of nitrogens with zero attached hydrogens (tertiary/aromatic N) is 6. The standard InChI is InChI=1S/C24H25FN6O4S/c1-15-7-5-9-19(34-3)21(15)31-20(29-30-24(31)17-8-6-10-26-11-17)14-36(32,33)16(2)22(35-4)23-27-12-18(25)13-28-23/h5-13,16,22H,14H2,1-4H3/t16-,22-/m1/s1. The van der Waals surface area contributed by atoms with E-state index in [1.807, 2.05) is 25.1 Å². The van der Waals surface area contributed by atoms with E-state index < -0.39 is 32.8 Å². The third kappa shape index (κ3) is 4.95. The second-order valence-corrected chi connectivity index (χ2v) is 10.4. The molecule has 0 aliphatic rings. The third-order valence-corrected chi connectivity index (χ3v) is 7.81. The van der Waals surface area contributed by atoms with Crippen molar-refractivity contribution in [2.45, 2.75) is 31.0 Å². The lowest BCUT2D eigenvalue weighted by atomic mass is 10.1. The van der Waals surface area contributed by atoms with Gasteiger partial charge in [0.1, 0.15) is 17.6 Å². The summed E-state index contributed by atoms with van der Waals surface area (Å²) in [4.78, 5) is 12.0. The predicted molar refractivity (Wildman–Crippen MR) is 130 cm³/mol. The van der Waals surface area contributed by atoms with Gasteiger partial charge < -0.3 is 9.47 Å². The van der Waals surface area contributed by atoms with Crippen LogP contribution in [0, 0.1) is 12.7 Å². The van der Waals surface area contributed by atoms with Gasteiger partial charge in [0.05, 0.1) is 30.4 Å². The topological polar surface area (TPSA) is 122 Å². The molecule has 0 bridgehead atoms. The number of rotatable bonds is 9. The Morgan fingerprint density at radius 1 is 1.06 bits per heavy atom. The molecule has 0 fully saturated rings. The van der Waals surface area contributed by atoms with E-state index in [1.165, 1.54) is 21.1 Å². The van der Waals surface area contributed by atoms with Crippen LogP contribution < -0.4 is 4.74 Å². The molecule has 4 rings (SSSR count). The summed E-state index contributed by atoms with van der Waals surface area (Å²) in [5.74, 6) is 0.100. The molecule has 10 nitrogen and oxygen atoms in total. The molecule has 0 saturated heterocycles. The number of sulfone groups is 1. The van der Waals surface area contributed by atoms with E-state index in [2.05, 4.69) is 25.1 Å². The Balaban J connectivity index is 1.80. The van der Waals surface area contributed by atoms with E-state index in [-0.39, 0.29) is 11.6 Å². The van der Waals surface area contributed by atoms with Crippen LogP contribution in [0.5, 0.6) is 5.75 Å². The number of aromatic nitrogens is 6. The van der Waals surface area contributed by atoms with Gasteiger partial charge in [0.15, 0.2) is 33.1 Å². The maximum Gasteiger partial charge on any atom is 0.170 e. The number of ether oxygens (including phenoxy) is 2. The van der Waals surface area contributed by atoms with Crippen LogP contribution in [0.25, 0.3) is 17.1 Å². The lowest BCUT2D eigenvalue weighted by molar-refractivity contribution is 0.0946. The van der Waals surface area contributed by atoms with Crippen molar-refractivity contribution in [2.24, 2.45) is 0 Å². The number of hydrogen-bond donors (Lipinski definition) is 0. The van der Waals surface area contributed by atoms with Gasteiger partial charge in [-0.2, -0.15) is 0 Å². The number of hydrogen-bond acceptors (Lipinski definition) is 9. The van der Waals surface area contributed by atoms with Gasteiger partial charge in [0.25, 0.3) is 0 Å². The van der Waals surface area contributed by atoms with Gasteiger partial charge in [-0.1, -0.05) is 12.1 Å². The zero-order valence-corrected chi connectivity index (χ0v) is 21.0. The molecule has 1 aromatic carbocycles. The van der Waals surface area contributed by atoms with Crippen LogP contribution in [0.15, 0.2) is 55.1 Å². The van der Waals surface area contributed by atoms with Crippen LogP contribution in [0.2, 0.25) is 0 Å². The number of halogens is 1. The lowest BCUT2D eigenvalue weighted by Crippen LogP contribution is -2.30. The average Bonchev–Trinajstić information content (AvgIpc) is 3.28. The van der Waals surface area contributed by atoms with Crippen LogP contribution in [0.4, 0.5) is 4.39 Å². The van der Waals surface area contributed by atoms with E-state index in [1.54, 1.807) is 29.1 Å². The number of aryl methyl sites for hydroxylation is 1. The smallest absolute Gasteiger partial charge is 0.170 e. The van der Waals surface area contributed by atoms with E-state index in [0.29, 0.717) is 22.8 Å². The zero-order valence-electron chi connectivity index (χ0n) is 20.2. The summed E-state index contributed by atoms with van der Waals surface area (Å²) in [6.45, 7) is 3.38. The predicted octanol–water partition coefficient (Wildman–Crippen LogP) is 3.27. The van der Waals surface area contributed by atoms with E-state index in [0.717, 1.165) is 18.0 Å². The Kier molecular flexibility index (Phi) is 7.36. The summed E-state index contributed by atoms with van der Waals surface area (Å²) in [6.07, 6.45) is 4.18. The summed E-state index contributed by atoms with van der Waals surface area (Å²) < 4.78 is 53.1. The van der Waals surface area contributed by atoms with Crippen LogP contribution >= 0.6 is 0 Å². The number of methoxy groups -OCH3 is 2. The van der Waals surface area contributed by atoms with E-state index >= 15 is 0 Å². The summed E-state index contributed by atoms with van der Waals surface area (Å²) in [7, 11) is -1.00. The second-order valence-electron chi connectivity index (χ2n) is 8.07. The van der Waals surface area contributed by atoms with Gasteiger partial charge in [0, 0.05) is 25.1 Å². The molecule has 0 aliphatic carbocycles. The number of para-hydroxylation sites is 1. The van der Waals surface area contributed by atoms with Crippen molar-refractivity contribution in [3.05, 3.63) is 78.1 Å². The monoisotopic (exact) mass is 512 g/mol. The molecule has 0 aliphatic heterocycles. The van der Waals surface area contributed by atoms with Crippen LogP contribution in [-0.4, -0.2) is 57.6 Å². The highest BCUT2D eigenvalue weighted by Gasteiger charge is 2.35. The van der Waals surface area contributed by atoms with Gasteiger partial charge in [-0.3, -0.25) is 9.55 Å². The van der Waals surface area contributed by atoms with Gasteiger partial charge in [-0.05, 0) is 37.6 Å². The van der Waals surface area contributed by atoms with Crippen LogP contribution in [0.1, 0.15) is 30.2 Å². The first-order valence-corrected chi connectivity index (χ1v) is 12.7. The highest BCUT2D eigenvalue weighted by atomic mass is 32.2. The molecule has 0 radical (unpaired) electrons. The average molecular weight is 513 g/mol. The van der Waals surface area contributed by atoms with Crippen molar-refractivity contribution < 1.29 is 22.3 Å². The molecule has 0 spiro atoms. The third-order valence-electron chi connectivity index (χ3n) is 5.77. The SMILES string of the molecule is COc1cccc(C)c1-n1c(CS(=O)(=O)[C@H](C)[C@@H](OC)c2ncc(F)cn2)nnc1-c1cccnc1. The van der Waals surface area contributed by atoms with Crippen LogP contribution in [-0.2, 0) is 20.3 Å². The Labute approximate surface area is 208 Å². The molecule has 0 amide bonds. The first-order chi connectivity index (χ1) is 17.3. The van der Waals surface area contributed by atoms with E-state index in [4.69, 9.17) is 9.47 Å². The molecule has 4 aromatic rings. The van der Waals surface area contributed by atoms with Crippen molar-refractivity contribution in [3.63, 3.8) is 0 Å². The molecule has 3 heterocycles. The number of benzene rings is 1. The van der Waals surface area contributed by atoms with Gasteiger partial charge in [0.2, 0.25) is 0 Å². The summed E-state index contributed by atoms with van der Waals surface area (Å²) in [5.41, 5.74) is 2.11. The van der Waals surface area contributed by atoms with Crippen molar-refractivity contribution in [1.29, 1.82) is 0 Å². The molecular weight excluding hydrogens is 487 g/mol. The second kappa shape index (κ2) is 10.5. The molecule has 2 atom stereocenters. The fourth-order valence-electron chi connectivity index (χ4n) is 3.89. The Morgan fingerprint density at radius 2 is 1.81 bits per heavy atom. The fourth-order valence-corrected chi connectivity index (χ4v) is 5.31. The first kappa shape index (κ1) is 25.3. The van der Waals surface area contributed by atoms with Crippen molar-refractivity contribution in [1.82, 2.24) is 29.7 Å². The van der Waals surface area contributed by atoms with Crippen LogP contribution in [0.3, 0.4) is 0 Å². The van der Waals surface area contributed by atoms with Gasteiger partial charge in [-0.15, -0.1) is 10.2 Å². The van der Waals surface area contributed by atoms with Crippen molar-refractivity contribution in [2.75, 3.05) is 14.2 Å². The Bertz CT molecular complexity index is 1450. The first-order valence-electron chi connectivity index (χ1n) is 11.0. The molecule has 12 heteroatoms. The van der Waals surface area contributed by atoms with Crippen molar-refractivity contribution >= 4 is 9.84 Å². The normalized spacial score (nSPS) is 13.4. The minimum atomic E-state index is -3.89. The highest BCUT2D eigenvalue weighted by molar-refractivity contribution is 7.91. The maximum atomic E-state index is 13.6. The summed E-state index contributed by atoms with van der Waals surface area (Å²) >= 11 is 0. The zero-order chi connectivity index (χ0) is 25.9. The maximum absolute atomic E-state index is 13.6. The highest BCUT2D eigenvalue weighted by Crippen LogP contribution is 2.33. The number of pyridine rings is 1. The summed E-state index contributed by atoms with van der Waals surface area (Å²) in [5, 5.41) is 7.49. The van der Waals surface area contributed by atoms with Gasteiger partial charge >= 0.3 is 0 Å². The van der Waals surface area contributed by atoms with Crippen molar-refractivity contribution in [3.8, 4) is 22.8 Å². The molecule has 188 valence electrons. The Hall–Kier alpha value is -3.77. The molecule has 0 N–H and O–H groups in total. The van der Waals surface area contributed by atoms with Gasteiger partial charge in [-0.25, -0.2) is 22.8 Å². The minimum absolute atomic E-state index is 0.0630. The molecule has 0 unspecified atom stereocenters. The lowest BCUT2D eigenvalue weighted by Gasteiger charge is -2.22. The summed E-state index contributed by atoms with van der Waals surface area (Å²) in [6, 6.07) is 9.08. The fraction of sp³-hybridized carbons (Fsp3) is 0.292. The quantitative estimate of drug-likeness (QED) is 0.332. The molecule has 3 aromatic heterocycles. The largest absolute Gasteiger partial charge is 0.495 e. The molecule has 0 saturated carbocycles. The molecule has 36 heavy (non-hydrogen) atoms. The van der Waals surface area contributed by atoms with E-state index in [9.17, 15) is 12.8 Å². The molecular formula is C24H25FN6O4S. The Morgan fingerprint density at radius 3 is 2.44 bits per heavy atom. The minimum Gasteiger partial charge on any atom is -0.495 e.